The van der Waals surface area contributed by atoms with Crippen molar-refractivity contribution in [3.63, 3.8) is 0 Å². The summed E-state index contributed by atoms with van der Waals surface area (Å²) in [5.74, 6) is 0.0327. The summed E-state index contributed by atoms with van der Waals surface area (Å²) in [5.41, 5.74) is 0. The van der Waals surface area contributed by atoms with Gasteiger partial charge in [-0.3, -0.25) is 4.79 Å². The minimum Gasteiger partial charge on any atom is -0.377 e. The average molecular weight is 410 g/mol. The van der Waals surface area contributed by atoms with E-state index in [0.717, 1.165) is 20.0 Å². The molecule has 8 atom stereocenters. The van der Waals surface area contributed by atoms with E-state index in [1.807, 2.05) is 13.8 Å². The monoisotopic (exact) mass is 410 g/mol. The van der Waals surface area contributed by atoms with Crippen molar-refractivity contribution in [2.24, 2.45) is 11.8 Å². The third-order valence-corrected chi connectivity index (χ3v) is 6.42. The molecule has 0 spiro atoms. The Morgan fingerprint density at radius 1 is 0.966 bits per heavy atom. The number of hydrogen-bond donors (Lipinski definition) is 1. The third-order valence-electron chi connectivity index (χ3n) is 6.42. The number of amides is 2. The van der Waals surface area contributed by atoms with Gasteiger partial charge in [0.15, 0.2) is 0 Å². The van der Waals surface area contributed by atoms with Gasteiger partial charge in [0, 0.05) is 13.7 Å². The van der Waals surface area contributed by atoms with E-state index in [9.17, 15) is 14.3 Å². The standard InChI is InChI=1S/C10H16BNO4.C9H15NO3/c1-3-16-8-6-4-7(9(8)15-2)12(5-11-14)10(6)13;1-3-13-7-5-4-6(8(7)12-2)10-9(5)11/h6-9H,3-5H2,1-2H3;5-8H,3-4H2,1-2H3,(H,10,11). The maximum Gasteiger partial charge on any atom is 0.226 e. The smallest absolute Gasteiger partial charge is 0.226 e. The van der Waals surface area contributed by atoms with Crippen molar-refractivity contribution in [1.82, 2.24) is 10.2 Å². The second kappa shape index (κ2) is 9.64. The van der Waals surface area contributed by atoms with Gasteiger partial charge in [0.1, 0.15) is 6.10 Å². The van der Waals surface area contributed by atoms with E-state index in [0.29, 0.717) is 13.2 Å². The summed E-state index contributed by atoms with van der Waals surface area (Å²) in [7, 11) is 4.06. The van der Waals surface area contributed by atoms with Crippen LogP contribution in [0, 0.1) is 11.8 Å². The van der Waals surface area contributed by atoms with Crippen molar-refractivity contribution in [2.45, 2.75) is 63.2 Å². The van der Waals surface area contributed by atoms with Crippen LogP contribution in [-0.2, 0) is 33.2 Å². The van der Waals surface area contributed by atoms with Gasteiger partial charge >= 0.3 is 94.6 Å². The van der Waals surface area contributed by atoms with Crippen molar-refractivity contribution < 1.29 is 33.2 Å². The molecule has 8 unspecified atom stereocenters. The van der Waals surface area contributed by atoms with Crippen LogP contribution >= 0.6 is 0 Å². The molecule has 4 rings (SSSR count). The Morgan fingerprint density at radius 2 is 1.59 bits per heavy atom. The number of carbonyl (C=O) groups is 2. The van der Waals surface area contributed by atoms with Gasteiger partial charge in [-0.15, -0.1) is 0 Å². The van der Waals surface area contributed by atoms with Crippen LogP contribution in [0.25, 0.3) is 0 Å². The Morgan fingerprint density at radius 3 is 2.14 bits per heavy atom. The zero-order chi connectivity index (χ0) is 21.1. The predicted octanol–water partition coefficient (Wildman–Crippen LogP) is -0.431. The molecule has 10 heteroatoms. The molecule has 2 heterocycles. The first-order valence-corrected chi connectivity index (χ1v) is 10.4. The summed E-state index contributed by atoms with van der Waals surface area (Å²) in [6.45, 7) is 5.07. The van der Waals surface area contributed by atoms with E-state index in [-0.39, 0.29) is 66.6 Å². The number of hydrogen-bond acceptors (Lipinski definition) is 7. The van der Waals surface area contributed by atoms with E-state index in [1.54, 1.807) is 19.1 Å². The number of nitrogens with zero attached hydrogens (tertiary/aromatic N) is 1. The first-order valence-electron chi connectivity index (χ1n) is 10.4. The van der Waals surface area contributed by atoms with Crippen LogP contribution < -0.4 is 5.32 Å². The fraction of sp³-hybridized carbons (Fsp3) is 0.895. The molecule has 0 aromatic heterocycles. The Kier molecular flexibility index (Phi) is 7.42. The average Bonchev–Trinajstić information content (AvgIpc) is 3.43. The number of nitrogens with one attached hydrogen (secondary N) is 1. The molecule has 162 valence electrons. The van der Waals surface area contributed by atoms with Gasteiger partial charge in [-0.05, 0) is 13.3 Å². The summed E-state index contributed by atoms with van der Waals surface area (Å²) in [6.07, 6.45) is 1.55. The third kappa shape index (κ3) is 4.00. The Hall–Kier alpha value is -1.36. The Labute approximate surface area is 172 Å². The summed E-state index contributed by atoms with van der Waals surface area (Å²) < 4.78 is 32.3. The number of rotatable bonds is 8. The van der Waals surface area contributed by atoms with Gasteiger partial charge in [0.2, 0.25) is 5.91 Å². The first kappa shape index (κ1) is 22.3. The number of piperidine rings is 2. The Bertz CT molecular complexity index is 621. The molecule has 2 aliphatic carbocycles. The number of methoxy groups -OCH3 is 2. The molecule has 2 aliphatic heterocycles. The van der Waals surface area contributed by atoms with Crippen LogP contribution in [0.3, 0.4) is 0 Å². The van der Waals surface area contributed by atoms with Gasteiger partial charge in [0.05, 0.1) is 18.1 Å². The van der Waals surface area contributed by atoms with Gasteiger partial charge < -0.3 is 14.8 Å². The molecule has 29 heavy (non-hydrogen) atoms. The number of likely N-dealkylation sites (tertiary alicyclic amines) is 1. The fourth-order valence-corrected chi connectivity index (χ4v) is 5.29. The molecule has 4 bridgehead atoms. The molecule has 4 fully saturated rings. The van der Waals surface area contributed by atoms with Crippen LogP contribution in [-0.4, -0.2) is 94.2 Å². The molecule has 4 aliphatic rings. The van der Waals surface area contributed by atoms with Crippen molar-refractivity contribution in [1.29, 1.82) is 0 Å². The summed E-state index contributed by atoms with van der Waals surface area (Å²) in [4.78, 5) is 24.9. The van der Waals surface area contributed by atoms with Crippen LogP contribution in [0.1, 0.15) is 26.7 Å². The Balaban J connectivity index is 0.000000169. The molecule has 2 saturated carbocycles. The maximum absolute atomic E-state index is 11.9. The molecule has 1 N–H and O–H groups in total. The molecule has 2 amide bonds. The number of ether oxygens (including phenoxy) is 4. The van der Waals surface area contributed by atoms with Crippen molar-refractivity contribution in [3.8, 4) is 0 Å². The second-order valence-electron chi connectivity index (χ2n) is 7.76. The maximum atomic E-state index is 11.9. The van der Waals surface area contributed by atoms with Gasteiger partial charge in [-0.2, -0.15) is 0 Å². The zero-order valence-corrected chi connectivity index (χ0v) is 17.5. The van der Waals surface area contributed by atoms with E-state index in [1.165, 1.54) is 0 Å². The van der Waals surface area contributed by atoms with E-state index >= 15 is 0 Å². The second-order valence-corrected chi connectivity index (χ2v) is 7.76. The summed E-state index contributed by atoms with van der Waals surface area (Å²) in [6, 6.07) is 0.170. The van der Waals surface area contributed by atoms with Crippen molar-refractivity contribution in [2.75, 3.05) is 33.9 Å². The van der Waals surface area contributed by atoms with Crippen LogP contribution in [0.15, 0.2) is 0 Å². The molecule has 9 nitrogen and oxygen atoms in total. The van der Waals surface area contributed by atoms with Crippen molar-refractivity contribution >= 4 is 19.0 Å². The van der Waals surface area contributed by atoms with E-state index in [4.69, 9.17) is 18.9 Å². The van der Waals surface area contributed by atoms with Gasteiger partial charge in [0.25, 0.3) is 0 Å². The summed E-state index contributed by atoms with van der Waals surface area (Å²) >= 11 is 0. The SMILES string of the molecule is CCOC1C2CC(C1OC)N(CB=O)C2=O.CCOC1C2CC(NC2=O)C1OC. The van der Waals surface area contributed by atoms with Crippen molar-refractivity contribution in [3.05, 3.63) is 0 Å². The molecule has 2 saturated heterocycles. The minimum atomic E-state index is -0.143. The summed E-state index contributed by atoms with van der Waals surface area (Å²) in [5, 5.41) is 2.90. The first-order chi connectivity index (χ1) is 14.0. The van der Waals surface area contributed by atoms with E-state index < -0.39 is 0 Å². The molecule has 0 aromatic carbocycles. The quantitative estimate of drug-likeness (QED) is 0.542. The van der Waals surface area contributed by atoms with Gasteiger partial charge in [-0.1, -0.05) is 0 Å². The van der Waals surface area contributed by atoms with Crippen LogP contribution in [0.5, 0.6) is 0 Å². The number of carbonyl (C=O) groups excluding carboxylic acids is 2. The zero-order valence-electron chi connectivity index (χ0n) is 17.5. The topological polar surface area (TPSA) is 103 Å². The molecule has 0 aromatic rings. The van der Waals surface area contributed by atoms with E-state index in [2.05, 4.69) is 5.32 Å². The molecule has 0 radical (unpaired) electrons. The molecular weight excluding hydrogens is 379 g/mol. The molecular formula is C19H31BN2O7. The predicted molar refractivity (Wildman–Crippen MR) is 103 cm³/mol. The van der Waals surface area contributed by atoms with Crippen LogP contribution in [0.2, 0.25) is 0 Å². The fourth-order valence-electron chi connectivity index (χ4n) is 5.29. The van der Waals surface area contributed by atoms with Crippen LogP contribution in [0.4, 0.5) is 0 Å². The minimum absolute atomic E-state index is 0.00394. The number of fused-ring (bicyclic) bond motifs is 4. The normalized spacial score (nSPS) is 39.4. The largest absolute Gasteiger partial charge is 0.377 e. The van der Waals surface area contributed by atoms with Gasteiger partial charge in [-0.25, -0.2) is 0 Å².